The second-order valence-corrected chi connectivity index (χ2v) is 7.23. The molecule has 0 spiro atoms. The number of aromatic nitrogens is 3. The second kappa shape index (κ2) is 5.63. The summed E-state index contributed by atoms with van der Waals surface area (Å²) in [5.41, 5.74) is 0.788. The molecule has 8 heteroatoms. The Balaban J connectivity index is 2.59. The fourth-order valence-corrected chi connectivity index (χ4v) is 2.73. The van der Waals surface area contributed by atoms with Crippen LogP contribution in [0.15, 0.2) is 33.9 Å². The molecule has 6 nitrogen and oxygen atoms in total. The van der Waals surface area contributed by atoms with E-state index < -0.39 is 10.0 Å². The summed E-state index contributed by atoms with van der Waals surface area (Å²) in [5.74, 6) is 0.732. The summed E-state index contributed by atoms with van der Waals surface area (Å²) in [5, 5.41) is 12.7. The molecule has 2 rings (SSSR count). The molecule has 1 aromatic carbocycles. The molecule has 0 radical (unpaired) electrons. The third-order valence-electron chi connectivity index (χ3n) is 2.62. The largest absolute Gasteiger partial charge is 0.296 e. The first-order chi connectivity index (χ1) is 9.29. The fraction of sp³-hybridized carbons (Fsp3) is 0.333. The van der Waals surface area contributed by atoms with Crippen LogP contribution in [0.3, 0.4) is 0 Å². The molecule has 0 saturated heterocycles. The van der Waals surface area contributed by atoms with E-state index in [0.29, 0.717) is 12.4 Å². The van der Waals surface area contributed by atoms with Gasteiger partial charge >= 0.3 is 0 Å². The van der Waals surface area contributed by atoms with Gasteiger partial charge in [0.2, 0.25) is 0 Å². The predicted molar refractivity (Wildman–Crippen MR) is 79.4 cm³/mol. The molecular formula is C12H15BrN4O2S. The minimum atomic E-state index is -3.89. The molecule has 0 aliphatic carbocycles. The Bertz CT molecular complexity index is 708. The Labute approximate surface area is 126 Å². The number of hydrogen-bond donors (Lipinski definition) is 1. The van der Waals surface area contributed by atoms with Gasteiger partial charge in [-0.1, -0.05) is 41.9 Å². The van der Waals surface area contributed by atoms with Gasteiger partial charge in [0.15, 0.2) is 5.82 Å². The Morgan fingerprint density at radius 2 is 1.85 bits per heavy atom. The van der Waals surface area contributed by atoms with Gasteiger partial charge in [0.25, 0.3) is 15.2 Å². The Morgan fingerprint density at radius 1 is 1.25 bits per heavy atom. The molecule has 0 aliphatic heterocycles. The van der Waals surface area contributed by atoms with E-state index in [2.05, 4.69) is 26.1 Å². The summed E-state index contributed by atoms with van der Waals surface area (Å²) in [4.78, 5) is 0. The van der Waals surface area contributed by atoms with Gasteiger partial charge in [0, 0.05) is 16.6 Å². The first-order valence-electron chi connectivity index (χ1n) is 6.01. The van der Waals surface area contributed by atoms with Crippen molar-refractivity contribution in [1.82, 2.24) is 14.8 Å². The maximum Gasteiger partial charge on any atom is 0.273 e. The topological polar surface area (TPSA) is 90.9 Å². The molecule has 0 saturated carbocycles. The van der Waals surface area contributed by atoms with Crippen molar-refractivity contribution in [2.75, 3.05) is 0 Å². The number of sulfonamides is 1. The normalized spacial score (nSPS) is 12.1. The summed E-state index contributed by atoms with van der Waals surface area (Å²) in [7, 11) is -3.89. The highest BCUT2D eigenvalue weighted by Crippen LogP contribution is 2.23. The minimum absolute atomic E-state index is 0.205. The molecule has 1 aromatic heterocycles. The molecule has 2 N–H and O–H groups in total. The molecule has 0 atom stereocenters. The number of nitrogens with zero attached hydrogens (tertiary/aromatic N) is 3. The Morgan fingerprint density at radius 3 is 2.35 bits per heavy atom. The molecule has 20 heavy (non-hydrogen) atoms. The smallest absolute Gasteiger partial charge is 0.273 e. The Hall–Kier alpha value is -1.25. The van der Waals surface area contributed by atoms with E-state index in [-0.39, 0.29) is 11.1 Å². The highest BCUT2D eigenvalue weighted by molar-refractivity contribution is 9.10. The van der Waals surface area contributed by atoms with Crippen molar-refractivity contribution in [3.63, 3.8) is 0 Å². The summed E-state index contributed by atoms with van der Waals surface area (Å²) in [6.07, 6.45) is 0. The molecule has 108 valence electrons. The third-order valence-corrected chi connectivity index (χ3v) is 3.96. The van der Waals surface area contributed by atoms with E-state index in [9.17, 15) is 8.42 Å². The molecule has 0 bridgehead atoms. The molecule has 0 aliphatic rings. The van der Waals surface area contributed by atoms with Gasteiger partial charge in [-0.2, -0.15) is 0 Å². The lowest BCUT2D eigenvalue weighted by Crippen LogP contribution is -2.20. The van der Waals surface area contributed by atoms with E-state index in [4.69, 9.17) is 5.14 Å². The predicted octanol–water partition coefficient (Wildman–Crippen LogP) is 2.01. The van der Waals surface area contributed by atoms with Gasteiger partial charge in [-0.25, -0.2) is 13.6 Å². The number of halogens is 1. The van der Waals surface area contributed by atoms with Crippen LogP contribution in [0.5, 0.6) is 0 Å². The molecule has 0 unspecified atom stereocenters. The summed E-state index contributed by atoms with van der Waals surface area (Å²) in [6.45, 7) is 4.45. The number of benzene rings is 1. The lowest BCUT2D eigenvalue weighted by atomic mass is 10.2. The maximum atomic E-state index is 11.6. The highest BCUT2D eigenvalue weighted by atomic mass is 79.9. The summed E-state index contributed by atoms with van der Waals surface area (Å²) in [6, 6.07) is 7.41. The van der Waals surface area contributed by atoms with Crippen molar-refractivity contribution in [3.8, 4) is 11.4 Å². The molecule has 0 fully saturated rings. The van der Waals surface area contributed by atoms with Crippen LogP contribution < -0.4 is 5.14 Å². The molecule has 2 aromatic rings. The summed E-state index contributed by atoms with van der Waals surface area (Å²) < 4.78 is 25.6. The van der Waals surface area contributed by atoms with Crippen molar-refractivity contribution in [3.05, 3.63) is 28.7 Å². The first kappa shape index (κ1) is 15.1. The van der Waals surface area contributed by atoms with Crippen LogP contribution in [0.25, 0.3) is 11.4 Å². The van der Waals surface area contributed by atoms with E-state index >= 15 is 0 Å². The van der Waals surface area contributed by atoms with Crippen molar-refractivity contribution in [1.29, 1.82) is 0 Å². The van der Waals surface area contributed by atoms with Gasteiger partial charge in [0.05, 0.1) is 0 Å². The average Bonchev–Trinajstić information content (AvgIpc) is 2.72. The van der Waals surface area contributed by atoms with Crippen LogP contribution in [0.2, 0.25) is 0 Å². The number of primary sulfonamides is 1. The third kappa shape index (κ3) is 3.25. The van der Waals surface area contributed by atoms with E-state index in [0.717, 1.165) is 10.0 Å². The second-order valence-electron chi connectivity index (χ2n) is 4.86. The lowest BCUT2D eigenvalue weighted by molar-refractivity contribution is 0.486. The van der Waals surface area contributed by atoms with Crippen LogP contribution in [0.1, 0.15) is 13.8 Å². The van der Waals surface area contributed by atoms with Crippen molar-refractivity contribution in [2.45, 2.75) is 25.5 Å². The van der Waals surface area contributed by atoms with E-state index in [1.807, 2.05) is 38.1 Å². The van der Waals surface area contributed by atoms with Gasteiger partial charge in [-0.05, 0) is 18.1 Å². The van der Waals surface area contributed by atoms with Gasteiger partial charge in [-0.15, -0.1) is 10.2 Å². The zero-order valence-corrected chi connectivity index (χ0v) is 13.5. The standard InChI is InChI=1S/C12H15BrN4O2S/c1-8(2)7-17-11(9-3-5-10(13)6-4-9)15-16-12(17)20(14,18)19/h3-6,8H,7H2,1-2H3,(H2,14,18,19). The van der Waals surface area contributed by atoms with Crippen molar-refractivity contribution < 1.29 is 8.42 Å². The molecule has 1 heterocycles. The first-order valence-corrected chi connectivity index (χ1v) is 8.35. The van der Waals surface area contributed by atoms with Crippen molar-refractivity contribution >= 4 is 26.0 Å². The van der Waals surface area contributed by atoms with Crippen LogP contribution in [-0.4, -0.2) is 23.2 Å². The van der Waals surface area contributed by atoms with Crippen LogP contribution >= 0.6 is 15.9 Å². The Kier molecular flexibility index (Phi) is 4.26. The van der Waals surface area contributed by atoms with Crippen molar-refractivity contribution in [2.24, 2.45) is 11.1 Å². The summed E-state index contributed by atoms with van der Waals surface area (Å²) >= 11 is 3.36. The number of nitrogens with two attached hydrogens (primary N) is 1. The van der Waals surface area contributed by atoms with Crippen LogP contribution in [0, 0.1) is 5.92 Å². The quantitative estimate of drug-likeness (QED) is 0.904. The SMILES string of the molecule is CC(C)Cn1c(-c2ccc(Br)cc2)nnc1S(N)(=O)=O. The number of rotatable bonds is 4. The van der Waals surface area contributed by atoms with E-state index in [1.165, 1.54) is 0 Å². The average molecular weight is 359 g/mol. The maximum absolute atomic E-state index is 11.6. The zero-order chi connectivity index (χ0) is 14.9. The number of hydrogen-bond acceptors (Lipinski definition) is 4. The fourth-order valence-electron chi connectivity index (χ4n) is 1.84. The molecular weight excluding hydrogens is 344 g/mol. The monoisotopic (exact) mass is 358 g/mol. The highest BCUT2D eigenvalue weighted by Gasteiger charge is 2.22. The zero-order valence-electron chi connectivity index (χ0n) is 11.1. The van der Waals surface area contributed by atoms with E-state index in [1.54, 1.807) is 4.57 Å². The minimum Gasteiger partial charge on any atom is -0.296 e. The van der Waals surface area contributed by atoms with Crippen LogP contribution in [-0.2, 0) is 16.6 Å². The van der Waals surface area contributed by atoms with Crippen LogP contribution in [0.4, 0.5) is 0 Å². The van der Waals surface area contributed by atoms with Gasteiger partial charge in [0.1, 0.15) is 0 Å². The van der Waals surface area contributed by atoms with Gasteiger partial charge in [-0.3, -0.25) is 4.57 Å². The molecule has 0 amide bonds. The lowest BCUT2D eigenvalue weighted by Gasteiger charge is -2.11. The van der Waals surface area contributed by atoms with Gasteiger partial charge < -0.3 is 0 Å².